The summed E-state index contributed by atoms with van der Waals surface area (Å²) in [5.74, 6) is 0.0811. The molecule has 2 rings (SSSR count). The van der Waals surface area contributed by atoms with Crippen molar-refractivity contribution < 1.29 is 4.79 Å². The van der Waals surface area contributed by atoms with E-state index in [1.54, 1.807) is 6.92 Å². The van der Waals surface area contributed by atoms with E-state index in [9.17, 15) is 4.79 Å². The van der Waals surface area contributed by atoms with Gasteiger partial charge in [-0.25, -0.2) is 0 Å². The summed E-state index contributed by atoms with van der Waals surface area (Å²) in [4.78, 5) is 13.5. The zero-order valence-corrected chi connectivity index (χ0v) is 10.9. The summed E-state index contributed by atoms with van der Waals surface area (Å²) in [6, 6.07) is 1.38. The number of hydrogen-bond donors (Lipinski definition) is 2. The molecule has 0 aromatic rings. The summed E-state index contributed by atoms with van der Waals surface area (Å²) in [5, 5.41) is 6.53. The van der Waals surface area contributed by atoms with E-state index in [2.05, 4.69) is 15.5 Å². The van der Waals surface area contributed by atoms with Crippen LogP contribution in [0.2, 0.25) is 0 Å². The fraction of sp³-hybridized carbons (Fsp3) is 0.923. The Morgan fingerprint density at radius 2 is 2.24 bits per heavy atom. The SMILES string of the molecule is CC(=O)NCCN1CCCCC1C1CCCN1. The summed E-state index contributed by atoms with van der Waals surface area (Å²) in [5.41, 5.74) is 0. The van der Waals surface area contributed by atoms with Gasteiger partial charge in [0.05, 0.1) is 0 Å². The number of likely N-dealkylation sites (tertiary alicyclic amines) is 1. The number of hydrogen-bond acceptors (Lipinski definition) is 3. The van der Waals surface area contributed by atoms with E-state index in [1.165, 1.54) is 45.2 Å². The number of nitrogens with one attached hydrogen (secondary N) is 2. The second-order valence-corrected chi connectivity index (χ2v) is 5.28. The molecule has 0 bridgehead atoms. The van der Waals surface area contributed by atoms with Crippen LogP contribution < -0.4 is 10.6 Å². The molecule has 1 amide bonds. The van der Waals surface area contributed by atoms with Crippen LogP contribution >= 0.6 is 0 Å². The lowest BCUT2D eigenvalue weighted by atomic mass is 9.94. The average Bonchev–Trinajstić information content (AvgIpc) is 2.82. The first kappa shape index (κ1) is 12.8. The highest BCUT2D eigenvalue weighted by Crippen LogP contribution is 2.23. The normalized spacial score (nSPS) is 30.4. The van der Waals surface area contributed by atoms with E-state index in [0.29, 0.717) is 12.1 Å². The summed E-state index contributed by atoms with van der Waals surface area (Å²) < 4.78 is 0. The highest BCUT2D eigenvalue weighted by Gasteiger charge is 2.30. The lowest BCUT2D eigenvalue weighted by Crippen LogP contribution is -2.52. The highest BCUT2D eigenvalue weighted by molar-refractivity contribution is 5.72. The van der Waals surface area contributed by atoms with Gasteiger partial charge in [0.25, 0.3) is 0 Å². The molecule has 17 heavy (non-hydrogen) atoms. The summed E-state index contributed by atoms with van der Waals surface area (Å²) >= 11 is 0. The molecule has 2 unspecified atom stereocenters. The van der Waals surface area contributed by atoms with Gasteiger partial charge >= 0.3 is 0 Å². The van der Waals surface area contributed by atoms with E-state index in [4.69, 9.17) is 0 Å². The molecule has 98 valence electrons. The fourth-order valence-electron chi connectivity index (χ4n) is 3.17. The Morgan fingerprint density at radius 3 is 2.94 bits per heavy atom. The van der Waals surface area contributed by atoms with Gasteiger partial charge in [0, 0.05) is 32.1 Å². The van der Waals surface area contributed by atoms with Gasteiger partial charge in [-0.05, 0) is 38.8 Å². The minimum absolute atomic E-state index is 0.0811. The van der Waals surface area contributed by atoms with Gasteiger partial charge in [-0.15, -0.1) is 0 Å². The number of nitrogens with zero attached hydrogens (tertiary/aromatic N) is 1. The number of carbonyl (C=O) groups is 1. The largest absolute Gasteiger partial charge is 0.355 e. The molecule has 4 nitrogen and oxygen atoms in total. The van der Waals surface area contributed by atoms with Crippen LogP contribution in [0.15, 0.2) is 0 Å². The summed E-state index contributed by atoms with van der Waals surface area (Å²) in [6.45, 7) is 5.76. The zero-order valence-electron chi connectivity index (χ0n) is 10.9. The van der Waals surface area contributed by atoms with Gasteiger partial charge in [0.1, 0.15) is 0 Å². The van der Waals surface area contributed by atoms with Crippen molar-refractivity contribution in [2.24, 2.45) is 0 Å². The number of carbonyl (C=O) groups excluding carboxylic acids is 1. The van der Waals surface area contributed by atoms with Crippen molar-refractivity contribution in [1.29, 1.82) is 0 Å². The molecule has 0 aromatic carbocycles. The molecular formula is C13H25N3O. The third-order valence-electron chi connectivity index (χ3n) is 4.00. The van der Waals surface area contributed by atoms with Crippen molar-refractivity contribution in [3.05, 3.63) is 0 Å². The summed E-state index contributed by atoms with van der Waals surface area (Å²) in [7, 11) is 0. The Hall–Kier alpha value is -0.610. The van der Waals surface area contributed by atoms with Gasteiger partial charge in [0.2, 0.25) is 5.91 Å². The molecule has 2 aliphatic heterocycles. The Kier molecular flexibility index (Phi) is 4.80. The van der Waals surface area contributed by atoms with Crippen LogP contribution in [0.4, 0.5) is 0 Å². The number of amides is 1. The molecule has 2 atom stereocenters. The van der Waals surface area contributed by atoms with Crippen LogP contribution in [0.1, 0.15) is 39.0 Å². The summed E-state index contributed by atoms with van der Waals surface area (Å²) in [6.07, 6.45) is 6.63. The van der Waals surface area contributed by atoms with Gasteiger partial charge in [-0.2, -0.15) is 0 Å². The molecule has 0 aromatic heterocycles. The second kappa shape index (κ2) is 6.36. The van der Waals surface area contributed by atoms with Crippen molar-refractivity contribution in [2.45, 2.75) is 51.1 Å². The predicted octanol–water partition coefficient (Wildman–Crippen LogP) is 0.729. The Balaban J connectivity index is 1.81. The minimum atomic E-state index is 0.0811. The molecular weight excluding hydrogens is 214 g/mol. The smallest absolute Gasteiger partial charge is 0.216 e. The molecule has 2 aliphatic rings. The van der Waals surface area contributed by atoms with Crippen molar-refractivity contribution in [1.82, 2.24) is 15.5 Å². The highest BCUT2D eigenvalue weighted by atomic mass is 16.1. The maximum Gasteiger partial charge on any atom is 0.216 e. The zero-order chi connectivity index (χ0) is 12.1. The monoisotopic (exact) mass is 239 g/mol. The maximum absolute atomic E-state index is 10.9. The lowest BCUT2D eigenvalue weighted by molar-refractivity contribution is -0.119. The Labute approximate surface area is 104 Å². The van der Waals surface area contributed by atoms with E-state index in [-0.39, 0.29) is 5.91 Å². The molecule has 0 saturated carbocycles. The minimum Gasteiger partial charge on any atom is -0.355 e. The van der Waals surface area contributed by atoms with Crippen molar-refractivity contribution >= 4 is 5.91 Å². The van der Waals surface area contributed by atoms with E-state index < -0.39 is 0 Å². The number of rotatable bonds is 4. The predicted molar refractivity (Wildman–Crippen MR) is 68.9 cm³/mol. The molecule has 2 heterocycles. The first-order valence-electron chi connectivity index (χ1n) is 6.99. The van der Waals surface area contributed by atoms with Gasteiger partial charge in [-0.3, -0.25) is 9.69 Å². The average molecular weight is 239 g/mol. The first-order chi connectivity index (χ1) is 8.27. The van der Waals surface area contributed by atoms with Crippen molar-refractivity contribution in [3.63, 3.8) is 0 Å². The van der Waals surface area contributed by atoms with Crippen molar-refractivity contribution in [2.75, 3.05) is 26.2 Å². The third-order valence-corrected chi connectivity index (χ3v) is 4.00. The third kappa shape index (κ3) is 3.68. The topological polar surface area (TPSA) is 44.4 Å². The van der Waals surface area contributed by atoms with E-state index in [0.717, 1.165) is 13.1 Å². The van der Waals surface area contributed by atoms with Crippen LogP contribution in [0.25, 0.3) is 0 Å². The molecule has 0 aliphatic carbocycles. The molecule has 2 fully saturated rings. The maximum atomic E-state index is 10.9. The Morgan fingerprint density at radius 1 is 1.35 bits per heavy atom. The van der Waals surface area contributed by atoms with Gasteiger partial charge < -0.3 is 10.6 Å². The van der Waals surface area contributed by atoms with Gasteiger partial charge in [-0.1, -0.05) is 6.42 Å². The van der Waals surface area contributed by atoms with Crippen LogP contribution in [-0.2, 0) is 4.79 Å². The molecule has 2 saturated heterocycles. The van der Waals surface area contributed by atoms with Crippen molar-refractivity contribution in [3.8, 4) is 0 Å². The van der Waals surface area contributed by atoms with E-state index >= 15 is 0 Å². The lowest BCUT2D eigenvalue weighted by Gasteiger charge is -2.39. The van der Waals surface area contributed by atoms with Crippen LogP contribution in [0.3, 0.4) is 0 Å². The first-order valence-corrected chi connectivity index (χ1v) is 6.99. The molecule has 0 radical (unpaired) electrons. The second-order valence-electron chi connectivity index (χ2n) is 5.28. The van der Waals surface area contributed by atoms with Crippen LogP contribution in [0, 0.1) is 0 Å². The fourth-order valence-corrected chi connectivity index (χ4v) is 3.17. The molecule has 0 spiro atoms. The van der Waals surface area contributed by atoms with Crippen LogP contribution in [0.5, 0.6) is 0 Å². The van der Waals surface area contributed by atoms with Crippen LogP contribution in [-0.4, -0.2) is 49.1 Å². The molecule has 4 heteroatoms. The Bertz CT molecular complexity index is 251. The van der Waals surface area contributed by atoms with Gasteiger partial charge in [0.15, 0.2) is 0 Å². The number of piperidine rings is 1. The standard InChI is InChI=1S/C13H25N3O/c1-11(17)14-8-10-16-9-3-2-6-13(16)12-5-4-7-15-12/h12-13,15H,2-10H2,1H3,(H,14,17). The molecule has 2 N–H and O–H groups in total. The van der Waals surface area contributed by atoms with E-state index in [1.807, 2.05) is 0 Å². The quantitative estimate of drug-likeness (QED) is 0.760.